The monoisotopic (exact) mass is 463 g/mol. The van der Waals surface area contributed by atoms with Gasteiger partial charge in [0.1, 0.15) is 5.69 Å². The predicted molar refractivity (Wildman–Crippen MR) is 111 cm³/mol. The number of carbonyl (C=O) groups is 1. The molecule has 0 radical (unpaired) electrons. The molecule has 0 saturated heterocycles. The normalized spacial score (nSPS) is 10.8. The Morgan fingerprint density at radius 1 is 0.692 bits per heavy atom. The summed E-state index contributed by atoms with van der Waals surface area (Å²) in [4.78, 5) is 15.6. The van der Waals surface area contributed by atoms with Gasteiger partial charge in [0.25, 0.3) is 0 Å². The van der Waals surface area contributed by atoms with E-state index in [1.807, 2.05) is 0 Å². The van der Waals surface area contributed by atoms with E-state index >= 15 is 0 Å². The molecule has 0 aliphatic heterocycles. The molecule has 2 aromatic carbocycles. The molecule has 8 heteroatoms. The molecule has 0 atom stereocenters. The molecular weight excluding hydrogens is 459 g/mol. The number of carbonyl (C=O) groups excluding carboxylic acids is 1. The number of rotatable bonds is 3. The van der Waals surface area contributed by atoms with Gasteiger partial charge in [0.2, 0.25) is 0 Å². The molecular formula is C18H7Cl6NO. The maximum Gasteiger partial charge on any atom is 0.168 e. The molecule has 0 fully saturated rings. The molecule has 26 heavy (non-hydrogen) atoms. The van der Waals surface area contributed by atoms with Crippen molar-refractivity contribution in [3.05, 3.63) is 72.2 Å². The van der Waals surface area contributed by atoms with Gasteiger partial charge in [-0.25, -0.2) is 4.98 Å². The van der Waals surface area contributed by atoms with E-state index in [0.29, 0.717) is 43.7 Å². The van der Waals surface area contributed by atoms with E-state index in [2.05, 4.69) is 4.98 Å². The SMILES string of the molecule is O=Cc1ccc(-c2cc(Cl)cc(Cl)c2Cl)c(-c2cc(Cl)cc(Cl)c2Cl)n1. The van der Waals surface area contributed by atoms with E-state index in [1.165, 1.54) is 12.1 Å². The van der Waals surface area contributed by atoms with Gasteiger partial charge in [-0.1, -0.05) is 69.6 Å². The first kappa shape index (κ1) is 19.8. The molecule has 2 nitrogen and oxygen atoms in total. The second-order valence-corrected chi connectivity index (χ2v) is 7.69. The third kappa shape index (κ3) is 3.82. The van der Waals surface area contributed by atoms with Crippen LogP contribution in [0.3, 0.4) is 0 Å². The van der Waals surface area contributed by atoms with E-state index in [-0.39, 0.29) is 20.8 Å². The van der Waals surface area contributed by atoms with E-state index < -0.39 is 0 Å². The molecule has 132 valence electrons. The molecule has 0 aliphatic rings. The van der Waals surface area contributed by atoms with Crippen molar-refractivity contribution >= 4 is 75.9 Å². The topological polar surface area (TPSA) is 30.0 Å². The molecule has 0 bridgehead atoms. The fraction of sp³-hybridized carbons (Fsp3) is 0. The number of nitrogens with zero attached hydrogens (tertiary/aromatic N) is 1. The van der Waals surface area contributed by atoms with E-state index in [1.54, 1.807) is 24.3 Å². The van der Waals surface area contributed by atoms with Crippen molar-refractivity contribution in [2.24, 2.45) is 0 Å². The van der Waals surface area contributed by atoms with Gasteiger partial charge in [-0.3, -0.25) is 4.79 Å². The molecule has 1 heterocycles. The highest BCUT2D eigenvalue weighted by Gasteiger charge is 2.19. The van der Waals surface area contributed by atoms with Gasteiger partial charge in [-0.05, 0) is 36.4 Å². The first-order valence-electron chi connectivity index (χ1n) is 7.08. The molecule has 0 spiro atoms. The summed E-state index contributed by atoms with van der Waals surface area (Å²) in [6.45, 7) is 0. The molecule has 0 saturated carbocycles. The Bertz CT molecular complexity index is 1030. The lowest BCUT2D eigenvalue weighted by atomic mass is 9.98. The largest absolute Gasteiger partial charge is 0.296 e. The summed E-state index contributed by atoms with van der Waals surface area (Å²) in [6, 6.07) is 9.54. The van der Waals surface area contributed by atoms with Gasteiger partial charge in [-0.2, -0.15) is 0 Å². The van der Waals surface area contributed by atoms with Gasteiger partial charge in [-0.15, -0.1) is 0 Å². The van der Waals surface area contributed by atoms with Crippen molar-refractivity contribution in [3.63, 3.8) is 0 Å². The third-order valence-electron chi connectivity index (χ3n) is 3.57. The van der Waals surface area contributed by atoms with Crippen molar-refractivity contribution < 1.29 is 4.79 Å². The van der Waals surface area contributed by atoms with Crippen molar-refractivity contribution in [1.82, 2.24) is 4.98 Å². The summed E-state index contributed by atoms with van der Waals surface area (Å²) >= 11 is 37.2. The number of aldehydes is 1. The van der Waals surface area contributed by atoms with E-state index in [0.717, 1.165) is 0 Å². The van der Waals surface area contributed by atoms with Crippen molar-refractivity contribution in [2.45, 2.75) is 0 Å². The zero-order chi connectivity index (χ0) is 19.0. The molecule has 1 aromatic heterocycles. The highest BCUT2D eigenvalue weighted by molar-refractivity contribution is 6.46. The standard InChI is InChI=1S/C18H7Cl6NO/c19-8-3-12(16(23)14(21)5-8)11-2-1-10(7-26)25-18(11)13-4-9(20)6-15(22)17(13)24/h1-7H. The molecule has 0 amide bonds. The van der Waals surface area contributed by atoms with E-state index in [9.17, 15) is 4.79 Å². The molecule has 3 rings (SSSR count). The van der Waals surface area contributed by atoms with Crippen LogP contribution in [-0.4, -0.2) is 11.3 Å². The summed E-state index contributed by atoms with van der Waals surface area (Å²) in [6.07, 6.45) is 0.625. The van der Waals surface area contributed by atoms with Crippen molar-refractivity contribution in [2.75, 3.05) is 0 Å². The van der Waals surface area contributed by atoms with Crippen LogP contribution in [0.1, 0.15) is 10.5 Å². The van der Waals surface area contributed by atoms with Gasteiger partial charge >= 0.3 is 0 Å². The number of hydrogen-bond acceptors (Lipinski definition) is 2. The second-order valence-electron chi connectivity index (χ2n) is 5.25. The van der Waals surface area contributed by atoms with Crippen molar-refractivity contribution in [3.8, 4) is 22.4 Å². The Morgan fingerprint density at radius 2 is 1.23 bits per heavy atom. The Balaban J connectivity index is 2.39. The zero-order valence-electron chi connectivity index (χ0n) is 12.7. The number of halogens is 6. The van der Waals surface area contributed by atoms with Crippen LogP contribution in [0.15, 0.2) is 36.4 Å². The Labute approximate surface area is 179 Å². The Kier molecular flexibility index (Phi) is 6.03. The maximum atomic E-state index is 11.2. The number of hydrogen-bond donors (Lipinski definition) is 0. The van der Waals surface area contributed by atoms with Gasteiger partial charge in [0, 0.05) is 26.7 Å². The summed E-state index contributed by atoms with van der Waals surface area (Å²) in [5.41, 5.74) is 2.15. The van der Waals surface area contributed by atoms with Crippen molar-refractivity contribution in [1.29, 1.82) is 0 Å². The molecule has 0 unspecified atom stereocenters. The fourth-order valence-electron chi connectivity index (χ4n) is 2.44. The zero-order valence-corrected chi connectivity index (χ0v) is 17.2. The van der Waals surface area contributed by atoms with Crippen LogP contribution in [-0.2, 0) is 0 Å². The summed E-state index contributed by atoms with van der Waals surface area (Å²) in [5.74, 6) is 0. The third-order valence-corrected chi connectivity index (χ3v) is 5.61. The van der Waals surface area contributed by atoms with Gasteiger partial charge in [0.15, 0.2) is 6.29 Å². The molecule has 0 aliphatic carbocycles. The summed E-state index contributed by atoms with van der Waals surface area (Å²) < 4.78 is 0. The molecule has 0 N–H and O–H groups in total. The summed E-state index contributed by atoms with van der Waals surface area (Å²) in [7, 11) is 0. The van der Waals surface area contributed by atoms with Crippen LogP contribution in [0.2, 0.25) is 30.1 Å². The minimum absolute atomic E-state index is 0.208. The van der Waals surface area contributed by atoms with Crippen LogP contribution in [0.4, 0.5) is 0 Å². The maximum absolute atomic E-state index is 11.2. The molecule has 3 aromatic rings. The van der Waals surface area contributed by atoms with Gasteiger partial charge < -0.3 is 0 Å². The lowest BCUT2D eigenvalue weighted by Gasteiger charge is -2.14. The minimum atomic E-state index is 0.208. The van der Waals surface area contributed by atoms with Crippen LogP contribution in [0.5, 0.6) is 0 Å². The Morgan fingerprint density at radius 3 is 1.81 bits per heavy atom. The van der Waals surface area contributed by atoms with Crippen LogP contribution in [0.25, 0.3) is 22.4 Å². The van der Waals surface area contributed by atoms with E-state index in [4.69, 9.17) is 69.6 Å². The summed E-state index contributed by atoms with van der Waals surface area (Å²) in [5, 5.41) is 1.85. The number of benzene rings is 2. The smallest absolute Gasteiger partial charge is 0.168 e. The fourth-order valence-corrected chi connectivity index (χ4v) is 3.84. The quantitative estimate of drug-likeness (QED) is 0.288. The van der Waals surface area contributed by atoms with Crippen LogP contribution in [0, 0.1) is 0 Å². The first-order valence-corrected chi connectivity index (χ1v) is 9.34. The average molecular weight is 466 g/mol. The highest BCUT2D eigenvalue weighted by Crippen LogP contribution is 2.43. The highest BCUT2D eigenvalue weighted by atomic mass is 35.5. The first-order chi connectivity index (χ1) is 12.3. The lowest BCUT2D eigenvalue weighted by Crippen LogP contribution is -1.96. The van der Waals surface area contributed by atoms with Gasteiger partial charge in [0.05, 0.1) is 25.8 Å². The van der Waals surface area contributed by atoms with Crippen LogP contribution < -0.4 is 0 Å². The van der Waals surface area contributed by atoms with Crippen LogP contribution >= 0.6 is 69.6 Å². The average Bonchev–Trinajstić information content (AvgIpc) is 2.60. The predicted octanol–water partition coefficient (Wildman–Crippen LogP) is 8.15. The second kappa shape index (κ2) is 7.93. The lowest BCUT2D eigenvalue weighted by molar-refractivity contribution is 0.111. The minimum Gasteiger partial charge on any atom is -0.296 e. The Hall–Kier alpha value is -1.000. The number of pyridine rings is 1. The number of aromatic nitrogens is 1.